The molecule has 2 aliphatic rings. The van der Waals surface area contributed by atoms with Crippen molar-refractivity contribution in [2.75, 3.05) is 19.6 Å². The Hall–Kier alpha value is -6.05. The van der Waals surface area contributed by atoms with Gasteiger partial charge in [-0.3, -0.25) is 24.2 Å². The summed E-state index contributed by atoms with van der Waals surface area (Å²) < 4.78 is 18.2. The molecule has 0 radical (unpaired) electrons. The van der Waals surface area contributed by atoms with Gasteiger partial charge in [-0.1, -0.05) is 91.0 Å². The topological polar surface area (TPSA) is 165 Å². The minimum Gasteiger partial charge on any atom is -0.404 e. The molecule has 0 aliphatic carbocycles. The number of aromatic nitrogens is 1. The number of nitrogens with zero attached hydrogens (tertiary/aromatic N) is 5. The van der Waals surface area contributed by atoms with E-state index < -0.39 is 26.1 Å². The summed E-state index contributed by atoms with van der Waals surface area (Å²) in [5.74, 6) is -0.723. The van der Waals surface area contributed by atoms with E-state index >= 15 is 0 Å². The summed E-state index contributed by atoms with van der Waals surface area (Å²) in [6.45, 7) is 5.85. The van der Waals surface area contributed by atoms with Crippen LogP contribution >= 0.6 is 7.82 Å². The third-order valence-corrected chi connectivity index (χ3v) is 10.7. The van der Waals surface area contributed by atoms with Crippen LogP contribution in [0.1, 0.15) is 34.0 Å². The van der Waals surface area contributed by atoms with E-state index in [2.05, 4.69) is 11.9 Å². The predicted octanol–water partition coefficient (Wildman–Crippen LogP) is 5.26. The Morgan fingerprint density at radius 3 is 2.33 bits per heavy atom. The number of hydrogen-bond donors (Lipinski definition) is 3. The summed E-state index contributed by atoms with van der Waals surface area (Å²) in [4.78, 5) is 76.7. The molecule has 3 heterocycles. The lowest BCUT2D eigenvalue weighted by molar-refractivity contribution is -0.189. The van der Waals surface area contributed by atoms with Crippen LogP contribution in [0.15, 0.2) is 116 Å². The Labute approximate surface area is 329 Å². The molecule has 2 atom stereocenters. The summed E-state index contributed by atoms with van der Waals surface area (Å²) in [6.07, 6.45) is 2.81. The van der Waals surface area contributed by atoms with Crippen LogP contribution in [0.25, 0.3) is 22.0 Å². The van der Waals surface area contributed by atoms with Crippen LogP contribution in [-0.2, 0) is 40.7 Å². The number of nitrogens with one attached hydrogen (secondary N) is 1. The van der Waals surface area contributed by atoms with E-state index in [1.165, 1.54) is 29.0 Å². The van der Waals surface area contributed by atoms with Gasteiger partial charge >= 0.3 is 13.9 Å². The number of carbonyl (C=O) groups is 4. The molecule has 7 rings (SSSR count). The molecule has 0 saturated carbocycles. The molecule has 2 fully saturated rings. The number of ketones is 1. The zero-order chi connectivity index (χ0) is 40.4. The first kappa shape index (κ1) is 39.2. The minimum absolute atomic E-state index is 0.0166. The van der Waals surface area contributed by atoms with Crippen LogP contribution in [-0.4, -0.2) is 89.6 Å². The molecule has 14 nitrogen and oxygen atoms in total. The molecule has 0 bridgehead atoms. The van der Waals surface area contributed by atoms with E-state index in [-0.39, 0.29) is 62.5 Å². The lowest BCUT2D eigenvalue weighted by Crippen LogP contribution is -2.76. The highest BCUT2D eigenvalue weighted by Gasteiger charge is 2.51. The van der Waals surface area contributed by atoms with E-state index in [1.807, 2.05) is 78.5 Å². The van der Waals surface area contributed by atoms with Crippen LogP contribution in [0.3, 0.4) is 0 Å². The second-order valence-electron chi connectivity index (χ2n) is 14.2. The largest absolute Gasteiger partial charge is 0.524 e. The number of rotatable bonds is 12. The molecule has 2 aliphatic heterocycles. The Balaban J connectivity index is 1.26. The number of carbonyl (C=O) groups excluding carboxylic acids is 4. The molecule has 57 heavy (non-hydrogen) atoms. The predicted molar refractivity (Wildman–Crippen MR) is 213 cm³/mol. The second-order valence-corrected chi connectivity index (χ2v) is 15.3. The first-order chi connectivity index (χ1) is 27.3. The van der Waals surface area contributed by atoms with Crippen molar-refractivity contribution in [3.8, 4) is 16.9 Å². The van der Waals surface area contributed by atoms with E-state index in [9.17, 15) is 33.5 Å². The van der Waals surface area contributed by atoms with Gasteiger partial charge < -0.3 is 24.2 Å². The summed E-state index contributed by atoms with van der Waals surface area (Å²) in [5, 5.41) is 7.11. The molecular weight excluding hydrogens is 747 g/mol. The average Bonchev–Trinajstić information content (AvgIpc) is 3.53. The van der Waals surface area contributed by atoms with Crippen molar-refractivity contribution in [1.82, 2.24) is 29.7 Å². The normalized spacial score (nSPS) is 17.4. The highest BCUT2D eigenvalue weighted by molar-refractivity contribution is 7.46. The number of phosphoric ester groups is 1. The Kier molecular flexibility index (Phi) is 11.1. The number of Topliss-reactive ketones (excluding diaryl/α,β-unsaturated/α-hetero) is 1. The van der Waals surface area contributed by atoms with Crippen LogP contribution < -0.4 is 9.84 Å². The van der Waals surface area contributed by atoms with Crippen molar-refractivity contribution in [2.24, 2.45) is 7.05 Å². The molecule has 0 spiro atoms. The standard InChI is InChI=1S/C42H43N6O8P/c1-4-21-46-27-39(50)47-37(22-29-13-19-34(20-14-29)56-57(53,54)55)41(51)45(26-38(47)48(46)42(52)43-23-30-9-6-5-7-10-30)24-33-11-8-12-35-36(25-44(3)40(33)35)32-17-15-31(16-18-32)28(2)49/h4-20,25,37-38H,1,21-24,26-27H2,2-3H3,(H,43,52)(H2,53,54,55). The van der Waals surface area contributed by atoms with Gasteiger partial charge in [0.05, 0.1) is 18.6 Å². The van der Waals surface area contributed by atoms with Gasteiger partial charge in [0.1, 0.15) is 18.0 Å². The van der Waals surface area contributed by atoms with Crippen LogP contribution in [0.5, 0.6) is 5.75 Å². The van der Waals surface area contributed by atoms with Gasteiger partial charge in [0.15, 0.2) is 5.78 Å². The zero-order valence-electron chi connectivity index (χ0n) is 31.5. The monoisotopic (exact) mass is 790 g/mol. The summed E-state index contributed by atoms with van der Waals surface area (Å²) in [5.41, 5.74) is 5.77. The van der Waals surface area contributed by atoms with E-state index in [0.717, 1.165) is 33.2 Å². The van der Waals surface area contributed by atoms with Gasteiger partial charge in [0.25, 0.3) is 0 Å². The van der Waals surface area contributed by atoms with Crippen molar-refractivity contribution >= 4 is 42.4 Å². The van der Waals surface area contributed by atoms with Gasteiger partial charge in [0, 0.05) is 55.8 Å². The average molecular weight is 791 g/mol. The third-order valence-electron chi connectivity index (χ3n) is 10.3. The van der Waals surface area contributed by atoms with Gasteiger partial charge in [-0.05, 0) is 41.3 Å². The Morgan fingerprint density at radius 1 is 0.947 bits per heavy atom. The van der Waals surface area contributed by atoms with Gasteiger partial charge in [0.2, 0.25) is 11.8 Å². The lowest BCUT2D eigenvalue weighted by Gasteiger charge is -2.55. The van der Waals surface area contributed by atoms with Crippen LogP contribution in [0.2, 0.25) is 0 Å². The number of hydrogen-bond acceptors (Lipinski definition) is 7. The first-order valence-corrected chi connectivity index (χ1v) is 19.9. The summed E-state index contributed by atoms with van der Waals surface area (Å²) in [7, 11) is -2.86. The number of phosphoric acid groups is 1. The summed E-state index contributed by atoms with van der Waals surface area (Å²) in [6, 6.07) is 27.3. The maximum absolute atomic E-state index is 14.7. The Morgan fingerprint density at radius 2 is 1.67 bits per heavy atom. The number of hydrazine groups is 1. The maximum Gasteiger partial charge on any atom is 0.524 e. The van der Waals surface area contributed by atoms with E-state index in [0.29, 0.717) is 11.1 Å². The van der Waals surface area contributed by atoms with Crippen LogP contribution in [0, 0.1) is 0 Å². The number of para-hydroxylation sites is 1. The number of urea groups is 1. The Bertz CT molecular complexity index is 2380. The highest BCUT2D eigenvalue weighted by Crippen LogP contribution is 2.38. The molecule has 3 N–H and O–H groups in total. The number of piperazine rings is 1. The molecule has 2 unspecified atom stereocenters. The second kappa shape index (κ2) is 16.2. The molecule has 2 saturated heterocycles. The smallest absolute Gasteiger partial charge is 0.404 e. The quantitative estimate of drug-likeness (QED) is 0.0870. The lowest BCUT2D eigenvalue weighted by atomic mass is 9.97. The van der Waals surface area contributed by atoms with Gasteiger partial charge in [-0.2, -0.15) is 0 Å². The van der Waals surface area contributed by atoms with Crippen molar-refractivity contribution in [3.05, 3.63) is 138 Å². The van der Waals surface area contributed by atoms with E-state index in [4.69, 9.17) is 4.52 Å². The minimum atomic E-state index is -4.80. The molecule has 4 amide bonds. The molecular formula is C42H43N6O8P. The molecule has 4 aromatic carbocycles. The van der Waals surface area contributed by atoms with Gasteiger partial charge in [-0.15, -0.1) is 6.58 Å². The fourth-order valence-electron chi connectivity index (χ4n) is 7.75. The fraction of sp³-hybridized carbons (Fsp3) is 0.238. The number of benzene rings is 4. The number of amides is 4. The van der Waals surface area contributed by atoms with Crippen molar-refractivity contribution in [3.63, 3.8) is 0 Å². The van der Waals surface area contributed by atoms with Crippen molar-refractivity contribution in [2.45, 2.75) is 38.6 Å². The molecule has 15 heteroatoms. The highest BCUT2D eigenvalue weighted by atomic mass is 31.2. The zero-order valence-corrected chi connectivity index (χ0v) is 32.4. The third kappa shape index (κ3) is 8.40. The summed E-state index contributed by atoms with van der Waals surface area (Å²) >= 11 is 0. The molecule has 1 aromatic heterocycles. The SMILES string of the molecule is C=CCN1CC(=O)N2C(Cc3ccc(OP(=O)(O)O)cc3)C(=O)N(Cc3cccc4c(-c5ccc(C(C)=O)cc5)cn(C)c34)CC2N1C(=O)NCc1ccccc1. The van der Waals surface area contributed by atoms with Crippen molar-refractivity contribution in [1.29, 1.82) is 0 Å². The number of fused-ring (bicyclic) bond motifs is 2. The first-order valence-electron chi connectivity index (χ1n) is 18.4. The van der Waals surface area contributed by atoms with E-state index in [1.54, 1.807) is 40.3 Å². The van der Waals surface area contributed by atoms with Crippen molar-refractivity contribution < 1.29 is 38.1 Å². The van der Waals surface area contributed by atoms with Crippen LogP contribution in [0.4, 0.5) is 4.79 Å². The van der Waals surface area contributed by atoms with Gasteiger partial charge in [-0.25, -0.2) is 19.4 Å². The molecule has 294 valence electrons. The maximum atomic E-state index is 14.7. The fourth-order valence-corrected chi connectivity index (χ4v) is 8.14. The molecule has 5 aromatic rings. The number of aryl methyl sites for hydroxylation is 1.